The summed E-state index contributed by atoms with van der Waals surface area (Å²) < 4.78 is 10.8. The Morgan fingerprint density at radius 1 is 1.54 bits per heavy atom. The Hall–Kier alpha value is -2.42. The van der Waals surface area contributed by atoms with Crippen molar-refractivity contribution in [3.63, 3.8) is 0 Å². The molecule has 0 aromatic rings. The third-order valence-corrected chi connectivity index (χ3v) is 4.37. The third-order valence-electron chi connectivity index (χ3n) is 3.77. The minimum Gasteiger partial charge on any atom is -0.478 e. The van der Waals surface area contributed by atoms with Gasteiger partial charge in [0, 0.05) is 19.9 Å². The number of rotatable bonds is 10. The topological polar surface area (TPSA) is 106 Å². The average molecular weight is 377 g/mol. The van der Waals surface area contributed by atoms with Crippen molar-refractivity contribution in [3.8, 4) is 0 Å². The molecule has 2 atom stereocenters. The van der Waals surface area contributed by atoms with Crippen LogP contribution in [0, 0.1) is 5.92 Å². The molecule has 0 aromatic carbocycles. The Bertz CT molecular complexity index is 695. The van der Waals surface area contributed by atoms with E-state index >= 15 is 0 Å². The van der Waals surface area contributed by atoms with Crippen molar-refractivity contribution < 1.29 is 19.4 Å². The van der Waals surface area contributed by atoms with E-state index in [0.717, 1.165) is 17.7 Å². The van der Waals surface area contributed by atoms with Crippen LogP contribution in [0.4, 0.5) is 0 Å². The zero-order valence-electron chi connectivity index (χ0n) is 14.5. The monoisotopic (exact) mass is 377 g/mol. The van der Waals surface area contributed by atoms with Crippen molar-refractivity contribution in [1.29, 1.82) is 0 Å². The first-order chi connectivity index (χ1) is 12.6. The molecule has 2 aliphatic rings. The molecule has 2 rings (SSSR count). The van der Waals surface area contributed by atoms with Crippen LogP contribution in [-0.2, 0) is 14.3 Å². The van der Waals surface area contributed by atoms with Gasteiger partial charge in [-0.05, 0) is 30.3 Å². The zero-order chi connectivity index (χ0) is 18.9. The van der Waals surface area contributed by atoms with Crippen LogP contribution in [0.2, 0.25) is 0 Å². The molecular weight excluding hydrogens is 354 g/mol. The number of carboxylic acid groups (broad SMARTS) is 1. The minimum absolute atomic E-state index is 0.0385. The van der Waals surface area contributed by atoms with E-state index in [1.54, 1.807) is 7.11 Å². The van der Waals surface area contributed by atoms with Crippen LogP contribution in [0.5, 0.6) is 0 Å². The summed E-state index contributed by atoms with van der Waals surface area (Å²) in [4.78, 5) is 11.9. The number of hydrogen-bond donors (Lipinski definition) is 4. The highest BCUT2D eigenvalue weighted by molar-refractivity contribution is 8.01. The van der Waals surface area contributed by atoms with Gasteiger partial charge in [-0.3, -0.25) is 5.14 Å². The van der Waals surface area contributed by atoms with Crippen LogP contribution >= 0.6 is 11.9 Å². The first-order valence-electron chi connectivity index (χ1n) is 7.99. The molecule has 0 aromatic heterocycles. The summed E-state index contributed by atoms with van der Waals surface area (Å²) in [5, 5.41) is 21.2. The summed E-state index contributed by atoms with van der Waals surface area (Å²) in [6.07, 6.45) is 12.5. The summed E-state index contributed by atoms with van der Waals surface area (Å²) in [6, 6.07) is 0.153. The van der Waals surface area contributed by atoms with Crippen molar-refractivity contribution in [3.05, 3.63) is 71.4 Å². The maximum Gasteiger partial charge on any atom is 0.337 e. The number of carbonyl (C=O) groups is 1. The molecule has 0 saturated heterocycles. The maximum atomic E-state index is 11.4. The van der Waals surface area contributed by atoms with Gasteiger partial charge >= 0.3 is 5.97 Å². The fraction of sp³-hybridized carbons (Fsp3) is 0.278. The van der Waals surface area contributed by atoms with Gasteiger partial charge in [0.25, 0.3) is 0 Å². The van der Waals surface area contributed by atoms with Crippen molar-refractivity contribution in [2.24, 2.45) is 11.1 Å². The molecule has 1 aliphatic heterocycles. The highest BCUT2D eigenvalue weighted by atomic mass is 32.2. The first kappa shape index (κ1) is 19.9. The Morgan fingerprint density at radius 2 is 2.35 bits per heavy atom. The summed E-state index contributed by atoms with van der Waals surface area (Å²) >= 11 is 0.882. The van der Waals surface area contributed by atoms with E-state index in [-0.39, 0.29) is 17.5 Å². The Kier molecular flexibility index (Phi) is 7.58. The van der Waals surface area contributed by atoms with Gasteiger partial charge in [0.15, 0.2) is 0 Å². The second kappa shape index (κ2) is 9.91. The number of aliphatic carboxylic acids is 1. The van der Waals surface area contributed by atoms with Gasteiger partial charge in [-0.1, -0.05) is 24.8 Å². The van der Waals surface area contributed by atoms with Crippen LogP contribution in [0.15, 0.2) is 71.4 Å². The molecule has 1 heterocycles. The van der Waals surface area contributed by atoms with E-state index in [0.29, 0.717) is 23.8 Å². The van der Waals surface area contributed by atoms with E-state index in [9.17, 15) is 9.90 Å². The Labute approximate surface area is 157 Å². The maximum absolute atomic E-state index is 11.4. The predicted octanol–water partition coefficient (Wildman–Crippen LogP) is 1.77. The molecule has 0 bridgehead atoms. The van der Waals surface area contributed by atoms with Gasteiger partial charge in [0.2, 0.25) is 0 Å². The smallest absolute Gasteiger partial charge is 0.337 e. The van der Waals surface area contributed by atoms with Gasteiger partial charge in [-0.25, -0.2) is 4.79 Å². The molecule has 0 saturated carbocycles. The number of carboxylic acids is 1. The van der Waals surface area contributed by atoms with Gasteiger partial charge in [0.1, 0.15) is 11.5 Å². The molecule has 5 N–H and O–H groups in total. The van der Waals surface area contributed by atoms with E-state index in [1.807, 2.05) is 30.5 Å². The lowest BCUT2D eigenvalue weighted by Crippen LogP contribution is -2.27. The fourth-order valence-electron chi connectivity index (χ4n) is 2.45. The molecule has 8 heteroatoms. The molecule has 26 heavy (non-hydrogen) atoms. The van der Waals surface area contributed by atoms with Crippen LogP contribution in [0.1, 0.15) is 0 Å². The second-order valence-electron chi connectivity index (χ2n) is 5.53. The first-order valence-corrected chi connectivity index (χ1v) is 8.87. The number of methoxy groups -OCH3 is 1. The van der Waals surface area contributed by atoms with Crippen molar-refractivity contribution >= 4 is 17.9 Å². The van der Waals surface area contributed by atoms with Crippen LogP contribution in [-0.4, -0.2) is 37.4 Å². The molecule has 140 valence electrons. The minimum atomic E-state index is -1.09. The number of allylic oxidation sites excluding steroid dienone is 2. The summed E-state index contributed by atoms with van der Waals surface area (Å²) in [6.45, 7) is 4.85. The normalized spacial score (nSPS) is 21.7. The number of fused-ring (bicyclic) bond motifs is 1. The summed E-state index contributed by atoms with van der Waals surface area (Å²) in [5.41, 5.74) is 0.0385. The highest BCUT2D eigenvalue weighted by Gasteiger charge is 2.28. The number of hydrogen-bond acceptors (Lipinski definition) is 7. The lowest BCUT2D eigenvalue weighted by Gasteiger charge is -2.23. The zero-order valence-corrected chi connectivity index (χ0v) is 15.3. The van der Waals surface area contributed by atoms with Gasteiger partial charge in [-0.2, -0.15) is 0 Å². The summed E-state index contributed by atoms with van der Waals surface area (Å²) in [5.74, 6) is 0.00737. The molecule has 1 aliphatic carbocycles. The number of nitrogens with one attached hydrogen (secondary N) is 2. The molecule has 0 radical (unpaired) electrons. The molecule has 0 spiro atoms. The molecule has 0 amide bonds. The Balaban J connectivity index is 2.09. The number of ether oxygens (including phenoxy) is 2. The average Bonchev–Trinajstić information content (AvgIpc) is 3.10. The van der Waals surface area contributed by atoms with Gasteiger partial charge in [0.05, 0.1) is 29.0 Å². The Morgan fingerprint density at radius 3 is 3.04 bits per heavy atom. The van der Waals surface area contributed by atoms with Crippen molar-refractivity contribution in [2.45, 2.75) is 6.04 Å². The SMILES string of the molecule is C=C(OC1=CC=CC2NC=CC12)/C(=C\C(=C\NCCOC)C(=O)O)SN. The third kappa shape index (κ3) is 5.29. The van der Waals surface area contributed by atoms with Crippen LogP contribution in [0.25, 0.3) is 0 Å². The lowest BCUT2D eigenvalue weighted by atomic mass is 9.95. The van der Waals surface area contributed by atoms with E-state index in [4.69, 9.17) is 14.6 Å². The van der Waals surface area contributed by atoms with Crippen molar-refractivity contribution in [1.82, 2.24) is 10.6 Å². The largest absolute Gasteiger partial charge is 0.478 e. The van der Waals surface area contributed by atoms with Crippen LogP contribution in [0.3, 0.4) is 0 Å². The molecule has 2 unspecified atom stereocenters. The summed E-state index contributed by atoms with van der Waals surface area (Å²) in [7, 11) is 1.57. The fourth-order valence-corrected chi connectivity index (χ4v) is 2.81. The molecule has 0 fully saturated rings. The standard InChI is InChI=1S/C18H23N3O4S/c1-12(25-16-5-3-4-15-14(16)6-7-21-15)17(26-19)10-13(18(22)23)11-20-8-9-24-2/h3-7,10-11,14-15,20-21H,1,8-9,19H2,2H3,(H,22,23)/b13-11-,17-10+. The second-order valence-corrected chi connectivity index (χ2v) is 6.21. The highest BCUT2D eigenvalue weighted by Crippen LogP contribution is 2.31. The quantitative estimate of drug-likeness (QED) is 0.150. The van der Waals surface area contributed by atoms with Crippen LogP contribution < -0.4 is 15.8 Å². The van der Waals surface area contributed by atoms with Gasteiger partial charge in [-0.15, -0.1) is 0 Å². The van der Waals surface area contributed by atoms with E-state index < -0.39 is 5.97 Å². The lowest BCUT2D eigenvalue weighted by molar-refractivity contribution is -0.132. The van der Waals surface area contributed by atoms with E-state index in [2.05, 4.69) is 17.2 Å². The van der Waals surface area contributed by atoms with Crippen molar-refractivity contribution in [2.75, 3.05) is 20.3 Å². The molecule has 7 nitrogen and oxygen atoms in total. The van der Waals surface area contributed by atoms with Gasteiger partial charge < -0.3 is 25.2 Å². The predicted molar refractivity (Wildman–Crippen MR) is 102 cm³/mol. The molecular formula is C18H23N3O4S. The number of nitrogens with two attached hydrogens (primary N) is 1. The van der Waals surface area contributed by atoms with E-state index in [1.165, 1.54) is 12.3 Å².